The molecular formula is C33H35F4IrN2O2-. The van der Waals surface area contributed by atoms with E-state index in [-0.39, 0.29) is 53.7 Å². The molecule has 0 spiro atoms. The van der Waals surface area contributed by atoms with E-state index in [1.807, 2.05) is 74.4 Å². The number of carbonyl (C=O) groups excluding carboxylic acids is 1. The number of allylic oxidation sites excluding steroid dienone is 2. The van der Waals surface area contributed by atoms with Gasteiger partial charge in [0.1, 0.15) is 18.9 Å². The Hall–Kier alpha value is -3.16. The molecule has 1 N–H and O–H groups in total. The van der Waals surface area contributed by atoms with Crippen molar-refractivity contribution in [2.75, 3.05) is 0 Å². The molecule has 0 saturated carbocycles. The van der Waals surface area contributed by atoms with Crippen molar-refractivity contribution in [2.24, 2.45) is 10.8 Å². The first-order valence-corrected chi connectivity index (χ1v) is 13.1. The molecule has 1 aromatic heterocycles. The van der Waals surface area contributed by atoms with E-state index in [0.29, 0.717) is 5.39 Å². The number of hydrogen-bond acceptors (Lipinski definition) is 4. The predicted molar refractivity (Wildman–Crippen MR) is 154 cm³/mol. The van der Waals surface area contributed by atoms with Crippen LogP contribution < -0.4 is 0 Å². The number of aliphatic hydroxyl groups is 1. The van der Waals surface area contributed by atoms with Gasteiger partial charge in [0.05, 0.1) is 0 Å². The minimum absolute atomic E-state index is 0. The molecule has 0 saturated heterocycles. The van der Waals surface area contributed by atoms with Crippen molar-refractivity contribution in [1.29, 1.82) is 0 Å². The van der Waals surface area contributed by atoms with Gasteiger partial charge in [-0.25, -0.2) is 22.5 Å². The minimum atomic E-state index is -1.98. The number of fused-ring (bicyclic) bond motifs is 2. The summed E-state index contributed by atoms with van der Waals surface area (Å²) in [5.41, 5.74) is -0.971. The van der Waals surface area contributed by atoms with Gasteiger partial charge in [0.2, 0.25) is 0 Å². The Morgan fingerprint density at radius 3 is 2.00 bits per heavy atom. The largest absolute Gasteiger partial charge is 0.512 e. The summed E-state index contributed by atoms with van der Waals surface area (Å²) >= 11 is 0. The van der Waals surface area contributed by atoms with Crippen LogP contribution in [0.15, 0.2) is 48.5 Å². The van der Waals surface area contributed by atoms with E-state index in [2.05, 4.69) is 16.0 Å². The quantitative estimate of drug-likeness (QED) is 0.0553. The third kappa shape index (κ3) is 7.42. The van der Waals surface area contributed by atoms with Gasteiger partial charge in [-0.2, -0.15) is 0 Å². The van der Waals surface area contributed by atoms with E-state index in [0.717, 1.165) is 10.9 Å². The third-order valence-corrected chi connectivity index (χ3v) is 6.42. The molecule has 0 atom stereocenters. The Bertz CT molecular complexity index is 1720. The number of benzene rings is 3. The minimum Gasteiger partial charge on any atom is -0.512 e. The van der Waals surface area contributed by atoms with E-state index in [1.165, 1.54) is 6.08 Å². The van der Waals surface area contributed by atoms with E-state index in [9.17, 15) is 27.5 Å². The molecule has 0 bridgehead atoms. The molecule has 1 heterocycles. The molecule has 4 nitrogen and oxygen atoms in total. The summed E-state index contributed by atoms with van der Waals surface area (Å²) in [6, 6.07) is 12.2. The molecule has 0 aliphatic carbocycles. The second-order valence-electron chi connectivity index (χ2n) is 12.9. The van der Waals surface area contributed by atoms with Crippen LogP contribution in [0.5, 0.6) is 0 Å². The van der Waals surface area contributed by atoms with E-state index in [4.69, 9.17) is 1.37 Å². The Labute approximate surface area is 259 Å². The topological polar surface area (TPSA) is 63.1 Å². The van der Waals surface area contributed by atoms with Crippen LogP contribution in [0.2, 0.25) is 0 Å². The van der Waals surface area contributed by atoms with Gasteiger partial charge in [-0.3, -0.25) is 9.78 Å². The molecule has 227 valence electrons. The first-order chi connectivity index (χ1) is 19.1. The SMILES string of the molecule is CC(C)(C)C(=O)/C=C(\O)C(C)(C)C.[2H]c1nc(-c2[c-]c3ccccc3c(C(C)(C)C)c2)c2c(F)c(F)c(F)c(F)c2n1.[Ir]. The number of carbonyl (C=O) groups is 1. The van der Waals surface area contributed by atoms with Crippen LogP contribution in [-0.4, -0.2) is 20.9 Å². The standard InChI is InChI=1S/C22H15F4N2.C11H20O2.Ir/c1-22(2,3)14-9-12(8-11-6-4-5-7-13(11)14)20-15-16(23)17(24)18(25)19(26)21(15)28-10-27-20;1-10(2,3)8(12)7-9(13)11(4,5)6;/h4-7,9-10H,1-3H3;7,12H,1-6H3;/q-1;;/b;8-7-;/i10D;;. The van der Waals surface area contributed by atoms with E-state index < -0.39 is 45.9 Å². The van der Waals surface area contributed by atoms with Crippen LogP contribution in [0.3, 0.4) is 0 Å². The summed E-state index contributed by atoms with van der Waals surface area (Å²) in [7, 11) is 0. The number of aromatic nitrogens is 2. The van der Waals surface area contributed by atoms with Gasteiger partial charge >= 0.3 is 0 Å². The van der Waals surface area contributed by atoms with E-state index >= 15 is 0 Å². The van der Waals surface area contributed by atoms with Crippen LogP contribution in [0, 0.1) is 40.2 Å². The van der Waals surface area contributed by atoms with Crippen LogP contribution in [0.1, 0.15) is 69.2 Å². The zero-order valence-electron chi connectivity index (χ0n) is 26.1. The van der Waals surface area contributed by atoms with Gasteiger partial charge in [0.15, 0.2) is 29.1 Å². The van der Waals surface area contributed by atoms with Crippen LogP contribution >= 0.6 is 0 Å². The van der Waals surface area contributed by atoms with Gasteiger partial charge in [0, 0.05) is 48.1 Å². The monoisotopic (exact) mass is 761 g/mol. The molecule has 3 aromatic carbocycles. The second kappa shape index (κ2) is 12.6. The molecule has 0 fully saturated rings. The Kier molecular flexibility index (Phi) is 10.0. The van der Waals surface area contributed by atoms with Gasteiger partial charge < -0.3 is 5.11 Å². The molecule has 9 heteroatoms. The summed E-state index contributed by atoms with van der Waals surface area (Å²) in [5.74, 6) is -7.08. The Balaban J connectivity index is 0.000000394. The van der Waals surface area contributed by atoms with Crippen LogP contribution in [0.25, 0.3) is 32.9 Å². The third-order valence-electron chi connectivity index (χ3n) is 6.42. The first-order valence-electron chi connectivity index (χ1n) is 13.6. The number of rotatable bonds is 2. The molecule has 4 aromatic rings. The molecule has 0 aliphatic rings. The van der Waals surface area contributed by atoms with Crippen molar-refractivity contribution < 1.29 is 48.9 Å². The average Bonchev–Trinajstić information content (AvgIpc) is 2.88. The molecule has 1 radical (unpaired) electrons. The van der Waals surface area contributed by atoms with Crippen molar-refractivity contribution in [3.05, 3.63) is 83.4 Å². The summed E-state index contributed by atoms with van der Waals surface area (Å²) in [6.45, 7) is 17.1. The number of nitrogens with zero attached hydrogens (tertiary/aromatic N) is 2. The number of hydrogen-bond donors (Lipinski definition) is 1. The maximum Gasteiger partial charge on any atom is 0.199 e. The maximum atomic E-state index is 14.6. The normalized spacial score (nSPS) is 12.9. The molecule has 0 amide bonds. The van der Waals surface area contributed by atoms with E-state index in [1.54, 1.807) is 18.2 Å². The zero-order chi connectivity index (χ0) is 31.9. The summed E-state index contributed by atoms with van der Waals surface area (Å²) in [4.78, 5) is 18.9. The van der Waals surface area contributed by atoms with Crippen molar-refractivity contribution >= 4 is 27.5 Å². The molecule has 0 aliphatic heterocycles. The fraction of sp³-hybridized carbons (Fsp3) is 0.364. The average molecular weight is 761 g/mol. The van der Waals surface area contributed by atoms with Crippen molar-refractivity contribution in [3.8, 4) is 11.3 Å². The Morgan fingerprint density at radius 2 is 1.45 bits per heavy atom. The predicted octanol–water partition coefficient (Wildman–Crippen LogP) is 9.19. The smallest absolute Gasteiger partial charge is 0.199 e. The summed E-state index contributed by atoms with van der Waals surface area (Å²) in [6.07, 6.45) is 0.690. The van der Waals surface area contributed by atoms with Gasteiger partial charge in [-0.15, -0.1) is 29.1 Å². The first kappa shape index (κ1) is 33.3. The second-order valence-corrected chi connectivity index (χ2v) is 12.9. The van der Waals surface area contributed by atoms with Crippen LogP contribution in [-0.2, 0) is 30.3 Å². The number of halogens is 4. The molecule has 4 rings (SSSR count). The van der Waals surface area contributed by atoms with Crippen molar-refractivity contribution in [1.82, 2.24) is 9.97 Å². The number of ketones is 1. The molecule has 0 unspecified atom stereocenters. The zero-order valence-corrected chi connectivity index (χ0v) is 27.5. The van der Waals surface area contributed by atoms with Crippen molar-refractivity contribution in [2.45, 2.75) is 67.7 Å². The summed E-state index contributed by atoms with van der Waals surface area (Å²) < 4.78 is 64.3. The van der Waals surface area contributed by atoms with Crippen molar-refractivity contribution in [3.63, 3.8) is 0 Å². The van der Waals surface area contributed by atoms with Gasteiger partial charge in [-0.05, 0) is 5.41 Å². The fourth-order valence-electron chi connectivity index (χ4n) is 3.85. The van der Waals surface area contributed by atoms with Gasteiger partial charge in [-0.1, -0.05) is 91.5 Å². The summed E-state index contributed by atoms with van der Waals surface area (Å²) in [5, 5.41) is 10.5. The van der Waals surface area contributed by atoms with Gasteiger partial charge in [0.25, 0.3) is 0 Å². The molecular weight excluding hydrogens is 725 g/mol. The molecule has 42 heavy (non-hydrogen) atoms. The fourth-order valence-corrected chi connectivity index (χ4v) is 3.85. The Morgan fingerprint density at radius 1 is 0.881 bits per heavy atom. The van der Waals surface area contributed by atoms with Crippen LogP contribution in [0.4, 0.5) is 17.6 Å². The number of aliphatic hydroxyl groups excluding tert-OH is 1. The maximum absolute atomic E-state index is 14.6.